The van der Waals surface area contributed by atoms with Gasteiger partial charge in [0.2, 0.25) is 5.75 Å². The number of nitrogens with zero attached hydrogens (tertiary/aromatic N) is 2. The van der Waals surface area contributed by atoms with E-state index in [1.54, 1.807) is 24.3 Å². The highest BCUT2D eigenvalue weighted by atomic mass is 31.1. The summed E-state index contributed by atoms with van der Waals surface area (Å²) in [5, 5.41) is 10.6. The molecule has 0 amide bonds. The SMILES string of the molecule is C[C@@H](/N=[P+](\[O-])Oc1ccccc1OC[C@H]1O[C@@H](n2ccc(=O)[nH]c2=O)[C@](C)(F)[C@@H]1O)C(=O)OCc1ccccc1. The number of esters is 1. The molecule has 212 valence electrons. The number of alkyl halides is 1. The molecule has 40 heavy (non-hydrogen) atoms. The third-order valence-electron chi connectivity index (χ3n) is 6.08. The van der Waals surface area contributed by atoms with E-state index in [2.05, 4.69) is 4.74 Å². The van der Waals surface area contributed by atoms with Gasteiger partial charge in [-0.05, 0) is 31.5 Å². The highest BCUT2D eigenvalue weighted by Crippen LogP contribution is 2.41. The number of aromatic amines is 1. The van der Waals surface area contributed by atoms with Crippen molar-refractivity contribution < 1.29 is 37.9 Å². The Balaban J connectivity index is 1.38. The number of carbonyl (C=O) groups is 1. The van der Waals surface area contributed by atoms with Crippen molar-refractivity contribution in [1.29, 1.82) is 0 Å². The first-order valence-corrected chi connectivity index (χ1v) is 13.3. The van der Waals surface area contributed by atoms with Crippen LogP contribution < -0.4 is 25.4 Å². The molecule has 1 fully saturated rings. The monoisotopic (exact) mass is 575 g/mol. The van der Waals surface area contributed by atoms with Crippen molar-refractivity contribution in [3.8, 4) is 11.5 Å². The van der Waals surface area contributed by atoms with Crippen LogP contribution in [-0.2, 0) is 20.9 Å². The average Bonchev–Trinajstić information content (AvgIpc) is 3.15. The summed E-state index contributed by atoms with van der Waals surface area (Å²) < 4.78 is 41.9. The second-order valence-corrected chi connectivity index (χ2v) is 10.0. The Bertz CT molecular complexity index is 1480. The number of nitrogens with one attached hydrogen (secondary N) is 1. The van der Waals surface area contributed by atoms with E-state index in [4.69, 9.17) is 18.7 Å². The fourth-order valence-electron chi connectivity index (χ4n) is 3.92. The summed E-state index contributed by atoms with van der Waals surface area (Å²) in [4.78, 5) is 50.3. The Morgan fingerprint density at radius 3 is 2.58 bits per heavy atom. The Hall–Kier alpha value is -3.90. The number of H-pyrrole nitrogens is 1. The number of hydrogen-bond donors (Lipinski definition) is 2. The number of hydrogen-bond acceptors (Lipinski definition) is 10. The van der Waals surface area contributed by atoms with Crippen LogP contribution >= 0.6 is 8.17 Å². The quantitative estimate of drug-likeness (QED) is 0.272. The summed E-state index contributed by atoms with van der Waals surface area (Å²) in [5.74, 6) is -0.583. The third-order valence-corrected chi connectivity index (χ3v) is 6.97. The number of aliphatic hydroxyl groups is 1. The maximum Gasteiger partial charge on any atom is 0.395 e. The highest BCUT2D eigenvalue weighted by molar-refractivity contribution is 7.34. The van der Waals surface area contributed by atoms with Gasteiger partial charge in [0, 0.05) is 12.3 Å². The summed E-state index contributed by atoms with van der Waals surface area (Å²) in [6.45, 7) is 2.16. The molecule has 0 aliphatic carbocycles. The van der Waals surface area contributed by atoms with Crippen LogP contribution in [0.4, 0.5) is 4.39 Å². The molecule has 4 rings (SSSR count). The largest absolute Gasteiger partial charge is 0.575 e. The molecule has 0 spiro atoms. The second kappa shape index (κ2) is 12.5. The highest BCUT2D eigenvalue weighted by Gasteiger charge is 2.55. The van der Waals surface area contributed by atoms with E-state index in [-0.39, 0.29) is 24.7 Å². The van der Waals surface area contributed by atoms with E-state index >= 15 is 4.39 Å². The topological polar surface area (TPSA) is 164 Å². The zero-order valence-electron chi connectivity index (χ0n) is 21.5. The molecule has 3 aromatic rings. The number of aliphatic hydroxyl groups excluding tert-OH is 1. The molecule has 0 bridgehead atoms. The predicted molar refractivity (Wildman–Crippen MR) is 138 cm³/mol. The number of benzene rings is 2. The number of halogens is 1. The third kappa shape index (κ3) is 6.80. The minimum Gasteiger partial charge on any atom is -0.575 e. The molecule has 1 aliphatic rings. The molecule has 1 aromatic heterocycles. The smallest absolute Gasteiger partial charge is 0.395 e. The van der Waals surface area contributed by atoms with Crippen molar-refractivity contribution in [2.75, 3.05) is 6.61 Å². The molecular formula is C26H27FN3O9P. The van der Waals surface area contributed by atoms with Gasteiger partial charge < -0.3 is 24.2 Å². The Kier molecular flexibility index (Phi) is 9.10. The van der Waals surface area contributed by atoms with E-state index in [0.717, 1.165) is 29.3 Å². The summed E-state index contributed by atoms with van der Waals surface area (Å²) in [6.07, 6.45) is -3.38. The van der Waals surface area contributed by atoms with Gasteiger partial charge in [0.1, 0.15) is 25.4 Å². The first kappa shape index (κ1) is 29.1. The lowest BCUT2D eigenvalue weighted by molar-refractivity contribution is -0.169. The standard InChI is InChI=1S/C26H27FN3O9P/c1-16(23(33)37-14-17-8-4-3-5-9-17)29-40(35)39-19-11-7-6-10-18(19)36-15-20-22(32)26(2,27)24(38-20)30-13-12-21(31)28-25(30)34/h3-13,16,20,22,24,32H,14-15H2,1-2H3,(H,28,31,34)/t16-,20-,22-,24-,26-/m1/s1. The maximum absolute atomic E-state index is 15.4. The molecular weight excluding hydrogens is 548 g/mol. The molecule has 2 heterocycles. The van der Waals surface area contributed by atoms with Gasteiger partial charge in [0.15, 0.2) is 23.7 Å². The fraction of sp³-hybridized carbons (Fsp3) is 0.346. The van der Waals surface area contributed by atoms with Crippen molar-refractivity contribution in [3.63, 3.8) is 0 Å². The summed E-state index contributed by atoms with van der Waals surface area (Å²) >= 11 is 0. The Morgan fingerprint density at radius 1 is 1.20 bits per heavy atom. The Labute approximate surface area is 228 Å². The number of para-hydroxylation sites is 2. The molecule has 2 aromatic carbocycles. The van der Waals surface area contributed by atoms with E-state index < -0.39 is 55.5 Å². The van der Waals surface area contributed by atoms with Gasteiger partial charge in [0.05, 0.1) is 0 Å². The van der Waals surface area contributed by atoms with Gasteiger partial charge in [-0.1, -0.05) is 47.2 Å². The van der Waals surface area contributed by atoms with Gasteiger partial charge in [0.25, 0.3) is 5.56 Å². The molecule has 12 nitrogen and oxygen atoms in total. The van der Waals surface area contributed by atoms with Crippen LogP contribution in [0.15, 0.2) is 81.2 Å². The van der Waals surface area contributed by atoms with Crippen LogP contribution in [0, 0.1) is 0 Å². The number of carbonyl (C=O) groups excluding carboxylic acids is 1. The first-order valence-electron chi connectivity index (χ1n) is 12.2. The van der Waals surface area contributed by atoms with Crippen LogP contribution in [0.1, 0.15) is 25.6 Å². The van der Waals surface area contributed by atoms with Gasteiger partial charge in [-0.3, -0.25) is 18.9 Å². The number of rotatable bonds is 10. The zero-order chi connectivity index (χ0) is 28.9. The van der Waals surface area contributed by atoms with Gasteiger partial charge in [-0.25, -0.2) is 14.0 Å². The summed E-state index contributed by atoms with van der Waals surface area (Å²) in [6, 6.07) is 15.1. The van der Waals surface area contributed by atoms with Crippen LogP contribution in [0.2, 0.25) is 0 Å². The summed E-state index contributed by atoms with van der Waals surface area (Å²) in [7, 11) is -2.71. The van der Waals surface area contributed by atoms with Gasteiger partial charge >= 0.3 is 19.8 Å². The zero-order valence-corrected chi connectivity index (χ0v) is 22.4. The fourth-order valence-corrected chi connectivity index (χ4v) is 4.67. The Morgan fingerprint density at radius 2 is 1.88 bits per heavy atom. The van der Waals surface area contributed by atoms with E-state index in [1.807, 2.05) is 23.2 Å². The lowest BCUT2D eigenvalue weighted by atomic mass is 9.98. The second-order valence-electron chi connectivity index (χ2n) is 9.11. The van der Waals surface area contributed by atoms with Crippen molar-refractivity contribution in [3.05, 3.63) is 93.3 Å². The first-order chi connectivity index (χ1) is 19.1. The van der Waals surface area contributed by atoms with Crippen LogP contribution in [0.3, 0.4) is 0 Å². The van der Waals surface area contributed by atoms with Crippen molar-refractivity contribution >= 4 is 14.1 Å². The molecule has 1 aliphatic heterocycles. The number of ether oxygens (including phenoxy) is 3. The predicted octanol–water partition coefficient (Wildman–Crippen LogP) is 1.97. The molecule has 6 atom stereocenters. The van der Waals surface area contributed by atoms with Crippen molar-refractivity contribution in [2.45, 2.75) is 50.6 Å². The van der Waals surface area contributed by atoms with E-state index in [0.29, 0.717) is 0 Å². The molecule has 0 saturated carbocycles. The minimum atomic E-state index is -2.71. The normalized spacial score (nSPS) is 23.4. The molecule has 14 heteroatoms. The summed E-state index contributed by atoms with van der Waals surface area (Å²) in [5.41, 5.74) is -3.18. The van der Waals surface area contributed by atoms with Crippen LogP contribution in [0.25, 0.3) is 0 Å². The van der Waals surface area contributed by atoms with Crippen molar-refractivity contribution in [2.24, 2.45) is 4.74 Å². The maximum atomic E-state index is 15.4. The van der Waals surface area contributed by atoms with E-state index in [1.165, 1.54) is 19.1 Å². The lowest BCUT2D eigenvalue weighted by Crippen LogP contribution is -2.43. The lowest BCUT2D eigenvalue weighted by Gasteiger charge is -2.24. The minimum absolute atomic E-state index is 0.0149. The van der Waals surface area contributed by atoms with Crippen molar-refractivity contribution in [1.82, 2.24) is 9.55 Å². The molecule has 1 unspecified atom stereocenters. The van der Waals surface area contributed by atoms with Crippen LogP contribution in [0.5, 0.6) is 11.5 Å². The molecule has 2 N–H and O–H groups in total. The molecule has 1 saturated heterocycles. The van der Waals surface area contributed by atoms with E-state index in [9.17, 15) is 24.4 Å². The van der Waals surface area contributed by atoms with Gasteiger partial charge in [-0.2, -0.15) is 0 Å². The number of aromatic nitrogens is 2. The van der Waals surface area contributed by atoms with Gasteiger partial charge in [-0.15, -0.1) is 0 Å². The molecule has 0 radical (unpaired) electrons. The average molecular weight is 575 g/mol. The van der Waals surface area contributed by atoms with Crippen LogP contribution in [-0.4, -0.2) is 51.2 Å².